The normalized spacial score (nSPS) is 13.9. The number of aromatic nitrogens is 4. The Labute approximate surface area is 244 Å². The molecule has 0 amide bonds. The zero-order valence-electron chi connectivity index (χ0n) is 24.2. The third kappa shape index (κ3) is 9.08. The number of carboxylic acid groups (broad SMARTS) is 2. The van der Waals surface area contributed by atoms with Crippen molar-refractivity contribution in [3.8, 4) is 11.3 Å². The average Bonchev–Trinajstić information content (AvgIpc) is 3.44. The fourth-order valence-electron chi connectivity index (χ4n) is 4.54. The highest BCUT2D eigenvalue weighted by atomic mass is 19.1. The van der Waals surface area contributed by atoms with Crippen molar-refractivity contribution in [1.82, 2.24) is 24.6 Å². The molecule has 1 aromatic carbocycles. The molecule has 4 rings (SSSR count). The van der Waals surface area contributed by atoms with Gasteiger partial charge in [-0.15, -0.1) is 0 Å². The lowest BCUT2D eigenvalue weighted by atomic mass is 10.0. The Morgan fingerprint density at radius 1 is 1.17 bits per heavy atom. The number of hydrogen-bond donors (Lipinski definition) is 4. The van der Waals surface area contributed by atoms with Crippen molar-refractivity contribution >= 4 is 29.3 Å². The van der Waals surface area contributed by atoms with Crippen LogP contribution < -0.4 is 10.2 Å². The van der Waals surface area contributed by atoms with E-state index in [2.05, 4.69) is 44.0 Å². The molecular formula is C29H38FN7O5. The molecule has 2 aromatic heterocycles. The molecule has 0 radical (unpaired) electrons. The van der Waals surface area contributed by atoms with E-state index in [9.17, 15) is 9.59 Å². The van der Waals surface area contributed by atoms with Gasteiger partial charge in [0.2, 0.25) is 5.95 Å². The SMILES string of the molecule is Cc1cnc(Nc2ccc(N3CCC(N(C)CCO)CC3)c(F)c2)nc1-c1cnn(C(C)C)c1.O=C(O)/C=C\C(=O)O. The Morgan fingerprint density at radius 2 is 1.83 bits per heavy atom. The van der Waals surface area contributed by atoms with Crippen LogP contribution in [0.15, 0.2) is 48.9 Å². The van der Waals surface area contributed by atoms with Crippen LogP contribution in [0.25, 0.3) is 11.3 Å². The van der Waals surface area contributed by atoms with Gasteiger partial charge in [-0.2, -0.15) is 5.10 Å². The van der Waals surface area contributed by atoms with Gasteiger partial charge in [0, 0.05) is 67.5 Å². The molecule has 0 bridgehead atoms. The van der Waals surface area contributed by atoms with E-state index < -0.39 is 11.9 Å². The number of nitrogens with zero attached hydrogens (tertiary/aromatic N) is 6. The van der Waals surface area contributed by atoms with E-state index in [1.165, 1.54) is 6.07 Å². The van der Waals surface area contributed by atoms with Crippen molar-refractivity contribution in [2.24, 2.45) is 0 Å². The number of aliphatic carboxylic acids is 2. The number of nitrogens with one attached hydrogen (secondary N) is 1. The van der Waals surface area contributed by atoms with E-state index in [1.807, 2.05) is 37.0 Å². The number of halogens is 1. The predicted molar refractivity (Wildman–Crippen MR) is 157 cm³/mol. The van der Waals surface area contributed by atoms with Gasteiger partial charge >= 0.3 is 11.9 Å². The maximum atomic E-state index is 15.0. The summed E-state index contributed by atoms with van der Waals surface area (Å²) in [7, 11) is 2.03. The minimum Gasteiger partial charge on any atom is -0.478 e. The Kier molecular flexibility index (Phi) is 11.5. The van der Waals surface area contributed by atoms with Crippen LogP contribution in [0.1, 0.15) is 38.3 Å². The maximum Gasteiger partial charge on any atom is 0.328 e. The topological polar surface area (TPSA) is 157 Å². The number of aliphatic hydroxyl groups excluding tert-OH is 1. The second kappa shape index (κ2) is 15.0. The highest BCUT2D eigenvalue weighted by molar-refractivity contribution is 5.89. The van der Waals surface area contributed by atoms with Crippen molar-refractivity contribution < 1.29 is 29.3 Å². The summed E-state index contributed by atoms with van der Waals surface area (Å²) in [6.07, 6.45) is 8.55. The molecule has 1 fully saturated rings. The lowest BCUT2D eigenvalue weighted by molar-refractivity contribution is -0.134. The monoisotopic (exact) mass is 583 g/mol. The maximum absolute atomic E-state index is 15.0. The highest BCUT2D eigenvalue weighted by Crippen LogP contribution is 2.29. The largest absolute Gasteiger partial charge is 0.478 e. The molecule has 1 saturated heterocycles. The smallest absolute Gasteiger partial charge is 0.328 e. The molecule has 0 unspecified atom stereocenters. The van der Waals surface area contributed by atoms with E-state index in [4.69, 9.17) is 15.3 Å². The quantitative estimate of drug-likeness (QED) is 0.258. The van der Waals surface area contributed by atoms with Crippen LogP contribution in [0, 0.1) is 12.7 Å². The number of carboxylic acids is 2. The van der Waals surface area contributed by atoms with E-state index in [-0.39, 0.29) is 18.5 Å². The molecule has 13 heteroatoms. The summed E-state index contributed by atoms with van der Waals surface area (Å²) >= 11 is 0. The molecule has 1 aliphatic heterocycles. The summed E-state index contributed by atoms with van der Waals surface area (Å²) < 4.78 is 16.9. The summed E-state index contributed by atoms with van der Waals surface area (Å²) in [5.41, 5.74) is 3.89. The average molecular weight is 584 g/mol. The molecule has 42 heavy (non-hydrogen) atoms. The van der Waals surface area contributed by atoms with Crippen molar-refractivity contribution in [1.29, 1.82) is 0 Å². The molecule has 0 aliphatic carbocycles. The molecule has 1 aliphatic rings. The summed E-state index contributed by atoms with van der Waals surface area (Å²) in [4.78, 5) is 32.4. The van der Waals surface area contributed by atoms with Gasteiger partial charge in [0.15, 0.2) is 0 Å². The number of anilines is 3. The van der Waals surface area contributed by atoms with E-state index >= 15 is 4.39 Å². The van der Waals surface area contributed by atoms with Crippen molar-refractivity contribution in [3.63, 3.8) is 0 Å². The Balaban J connectivity index is 0.000000531. The van der Waals surface area contributed by atoms with Gasteiger partial charge in [0.1, 0.15) is 5.82 Å². The molecule has 0 atom stereocenters. The van der Waals surface area contributed by atoms with Crippen molar-refractivity contribution in [2.45, 2.75) is 45.7 Å². The summed E-state index contributed by atoms with van der Waals surface area (Å²) in [6, 6.07) is 5.87. The minimum atomic E-state index is -1.26. The molecule has 0 saturated carbocycles. The molecule has 226 valence electrons. The van der Waals surface area contributed by atoms with Gasteiger partial charge in [0.25, 0.3) is 0 Å². The zero-order chi connectivity index (χ0) is 30.8. The standard InChI is InChI=1S/C25H34FN7O.C4H4O4/c1-17(2)33-16-19(15-28-33)24-18(3)14-27-25(30-24)29-20-5-6-23(22(26)13-20)32-9-7-21(8-10-32)31(4)11-12-34;5-3(6)1-2-4(7)8/h5-6,13-17,21,34H,7-12H2,1-4H3,(H,27,29,30);1-2H,(H,5,6)(H,7,8)/b;2-1-. The fourth-order valence-corrected chi connectivity index (χ4v) is 4.54. The number of carbonyl (C=O) groups is 2. The van der Waals surface area contributed by atoms with Gasteiger partial charge < -0.3 is 30.4 Å². The number of aryl methyl sites for hydroxylation is 1. The van der Waals surface area contributed by atoms with E-state index in [0.29, 0.717) is 42.1 Å². The van der Waals surface area contributed by atoms with E-state index in [0.717, 1.165) is 42.8 Å². The van der Waals surface area contributed by atoms with Gasteiger partial charge in [-0.1, -0.05) is 0 Å². The first kappa shape index (κ1) is 32.2. The molecule has 3 aromatic rings. The van der Waals surface area contributed by atoms with Crippen LogP contribution >= 0.6 is 0 Å². The number of benzene rings is 1. The first-order chi connectivity index (χ1) is 20.0. The van der Waals surface area contributed by atoms with Gasteiger partial charge in [-0.05, 0) is 64.4 Å². The lowest BCUT2D eigenvalue weighted by Gasteiger charge is -2.37. The van der Waals surface area contributed by atoms with Crippen LogP contribution in [-0.2, 0) is 9.59 Å². The van der Waals surface area contributed by atoms with Crippen LogP contribution in [0.3, 0.4) is 0 Å². The number of rotatable bonds is 10. The fraction of sp³-hybridized carbons (Fsp3) is 0.414. The van der Waals surface area contributed by atoms with Crippen LogP contribution in [0.5, 0.6) is 0 Å². The van der Waals surface area contributed by atoms with Gasteiger partial charge in [-0.25, -0.2) is 23.9 Å². The van der Waals surface area contributed by atoms with Gasteiger partial charge in [-0.3, -0.25) is 4.68 Å². The Hall–Kier alpha value is -4.36. The third-order valence-electron chi connectivity index (χ3n) is 6.83. The summed E-state index contributed by atoms with van der Waals surface area (Å²) in [5, 5.41) is 32.3. The molecular weight excluding hydrogens is 545 g/mol. The first-order valence-electron chi connectivity index (χ1n) is 13.6. The third-order valence-corrected chi connectivity index (χ3v) is 6.83. The van der Waals surface area contributed by atoms with Crippen molar-refractivity contribution in [2.75, 3.05) is 43.5 Å². The van der Waals surface area contributed by atoms with Gasteiger partial charge in [0.05, 0.1) is 24.2 Å². The van der Waals surface area contributed by atoms with Crippen molar-refractivity contribution in [3.05, 3.63) is 60.3 Å². The van der Waals surface area contributed by atoms with Crippen LogP contribution in [0.2, 0.25) is 0 Å². The number of aliphatic hydroxyl groups is 1. The number of likely N-dealkylation sites (N-methyl/N-ethyl adjacent to an activating group) is 1. The Bertz CT molecular complexity index is 1370. The lowest BCUT2D eigenvalue weighted by Crippen LogP contribution is -2.44. The molecule has 12 nitrogen and oxygen atoms in total. The first-order valence-corrected chi connectivity index (χ1v) is 13.6. The summed E-state index contributed by atoms with van der Waals surface area (Å²) in [6.45, 7) is 8.53. The summed E-state index contributed by atoms with van der Waals surface area (Å²) in [5.74, 6) is -2.37. The van der Waals surface area contributed by atoms with Crippen LogP contribution in [0.4, 0.5) is 21.7 Å². The molecule has 3 heterocycles. The number of piperidine rings is 1. The van der Waals surface area contributed by atoms with E-state index in [1.54, 1.807) is 12.4 Å². The number of hydrogen-bond acceptors (Lipinski definition) is 9. The molecule has 4 N–H and O–H groups in total. The Morgan fingerprint density at radius 3 is 2.38 bits per heavy atom. The zero-order valence-corrected chi connectivity index (χ0v) is 24.2. The second-order valence-electron chi connectivity index (χ2n) is 10.3. The second-order valence-corrected chi connectivity index (χ2v) is 10.3. The minimum absolute atomic E-state index is 0.160. The predicted octanol–water partition coefficient (Wildman–Crippen LogP) is 3.72. The van der Waals surface area contributed by atoms with Crippen LogP contribution in [-0.4, -0.2) is 91.2 Å². The molecule has 0 spiro atoms. The highest BCUT2D eigenvalue weighted by Gasteiger charge is 2.24.